The van der Waals surface area contributed by atoms with Crippen molar-refractivity contribution in [3.8, 4) is 5.75 Å². The number of rotatable bonds is 3. The van der Waals surface area contributed by atoms with Crippen molar-refractivity contribution in [3.05, 3.63) is 29.6 Å². The molecule has 1 aliphatic rings. The number of benzene rings is 1. The molecule has 2 rings (SSSR count). The van der Waals surface area contributed by atoms with Gasteiger partial charge >= 0.3 is 0 Å². The molecule has 0 heterocycles. The van der Waals surface area contributed by atoms with Crippen LogP contribution in [0.4, 0.5) is 4.39 Å². The topological polar surface area (TPSA) is 58.6 Å². The van der Waals surface area contributed by atoms with E-state index in [2.05, 4.69) is 5.32 Å². The van der Waals surface area contributed by atoms with Crippen LogP contribution in [0.5, 0.6) is 5.75 Å². The summed E-state index contributed by atoms with van der Waals surface area (Å²) in [6, 6.07) is 3.93. The smallest absolute Gasteiger partial charge is 0.258 e. The van der Waals surface area contributed by atoms with Crippen LogP contribution in [-0.4, -0.2) is 30.3 Å². The maximum absolute atomic E-state index is 13.7. The molecule has 0 radical (unpaired) electrons. The number of hydrogen-bond donors (Lipinski definition) is 2. The van der Waals surface area contributed by atoms with E-state index in [1.54, 1.807) is 0 Å². The number of carbonyl (C=O) groups excluding carboxylic acids is 1. The molecule has 1 amide bonds. The summed E-state index contributed by atoms with van der Waals surface area (Å²) in [5.41, 5.74) is -0.109. The highest BCUT2D eigenvalue weighted by Crippen LogP contribution is 2.23. The first-order chi connectivity index (χ1) is 9.13. The number of hydrogen-bond acceptors (Lipinski definition) is 3. The molecule has 1 aromatic rings. The van der Waals surface area contributed by atoms with Crippen LogP contribution in [0.2, 0.25) is 0 Å². The predicted molar refractivity (Wildman–Crippen MR) is 68.7 cm³/mol. The normalized spacial score (nSPS) is 22.9. The fraction of sp³-hybridized carbons (Fsp3) is 0.500. The molecule has 1 aliphatic carbocycles. The SMILES string of the molecule is COc1cccc(F)c1C(=O)N[C@H]1CCCC[C@@H]1O. The standard InChI is InChI=1S/C14H18FNO3/c1-19-12-8-4-5-9(15)13(12)14(18)16-10-6-2-3-7-11(10)17/h4-5,8,10-11,17H,2-3,6-7H2,1H3,(H,16,18)/t10-,11-/m0/s1. The lowest BCUT2D eigenvalue weighted by Crippen LogP contribution is -2.45. The Morgan fingerprint density at radius 1 is 1.42 bits per heavy atom. The number of halogens is 1. The monoisotopic (exact) mass is 267 g/mol. The Morgan fingerprint density at radius 2 is 2.16 bits per heavy atom. The van der Waals surface area contributed by atoms with E-state index in [-0.39, 0.29) is 17.4 Å². The molecule has 1 saturated carbocycles. The summed E-state index contributed by atoms with van der Waals surface area (Å²) >= 11 is 0. The lowest BCUT2D eigenvalue weighted by molar-refractivity contribution is 0.0712. The third-order valence-corrected chi connectivity index (χ3v) is 3.47. The Balaban J connectivity index is 2.15. The molecule has 2 N–H and O–H groups in total. The van der Waals surface area contributed by atoms with Crippen molar-refractivity contribution in [2.45, 2.75) is 37.8 Å². The van der Waals surface area contributed by atoms with Crippen LogP contribution in [0.15, 0.2) is 18.2 Å². The molecule has 0 aliphatic heterocycles. The van der Waals surface area contributed by atoms with Gasteiger partial charge in [-0.15, -0.1) is 0 Å². The number of methoxy groups -OCH3 is 1. The first-order valence-corrected chi connectivity index (χ1v) is 6.45. The fourth-order valence-corrected chi connectivity index (χ4v) is 2.42. The molecule has 1 fully saturated rings. The molecule has 2 atom stereocenters. The molecular weight excluding hydrogens is 249 g/mol. The maximum Gasteiger partial charge on any atom is 0.258 e. The Bertz CT molecular complexity index is 464. The van der Waals surface area contributed by atoms with E-state index in [1.165, 1.54) is 25.3 Å². The highest BCUT2D eigenvalue weighted by molar-refractivity contribution is 5.97. The lowest BCUT2D eigenvalue weighted by Gasteiger charge is -2.28. The quantitative estimate of drug-likeness (QED) is 0.879. The van der Waals surface area contributed by atoms with Gasteiger partial charge in [0, 0.05) is 0 Å². The second kappa shape index (κ2) is 6.02. The average molecular weight is 267 g/mol. The van der Waals surface area contributed by atoms with E-state index in [0.29, 0.717) is 12.8 Å². The summed E-state index contributed by atoms with van der Waals surface area (Å²) in [6.45, 7) is 0. The summed E-state index contributed by atoms with van der Waals surface area (Å²) in [6.07, 6.45) is 2.73. The van der Waals surface area contributed by atoms with Gasteiger partial charge in [0.15, 0.2) is 0 Å². The van der Waals surface area contributed by atoms with Gasteiger partial charge in [0.2, 0.25) is 0 Å². The van der Waals surface area contributed by atoms with E-state index in [0.717, 1.165) is 12.8 Å². The number of amides is 1. The van der Waals surface area contributed by atoms with Crippen molar-refractivity contribution in [1.29, 1.82) is 0 Å². The summed E-state index contributed by atoms with van der Waals surface area (Å²) in [7, 11) is 1.39. The lowest BCUT2D eigenvalue weighted by atomic mass is 9.92. The molecule has 5 heteroatoms. The van der Waals surface area contributed by atoms with Gasteiger partial charge in [-0.25, -0.2) is 4.39 Å². The molecule has 0 spiro atoms. The molecule has 0 unspecified atom stereocenters. The van der Waals surface area contributed by atoms with Gasteiger partial charge in [0.1, 0.15) is 17.1 Å². The van der Waals surface area contributed by atoms with Crippen LogP contribution in [0.25, 0.3) is 0 Å². The van der Waals surface area contributed by atoms with Crippen LogP contribution in [0.1, 0.15) is 36.0 Å². The van der Waals surface area contributed by atoms with Crippen molar-refractivity contribution in [2.24, 2.45) is 0 Å². The van der Waals surface area contributed by atoms with Gasteiger partial charge < -0.3 is 15.2 Å². The third-order valence-electron chi connectivity index (χ3n) is 3.47. The number of nitrogens with one attached hydrogen (secondary N) is 1. The fourth-order valence-electron chi connectivity index (χ4n) is 2.42. The van der Waals surface area contributed by atoms with Gasteiger partial charge in [-0.3, -0.25) is 4.79 Å². The van der Waals surface area contributed by atoms with Gasteiger partial charge in [-0.05, 0) is 25.0 Å². The van der Waals surface area contributed by atoms with E-state index >= 15 is 0 Å². The highest BCUT2D eigenvalue weighted by atomic mass is 19.1. The van der Waals surface area contributed by atoms with Crippen molar-refractivity contribution < 1.29 is 19.0 Å². The zero-order valence-electron chi connectivity index (χ0n) is 10.9. The van der Waals surface area contributed by atoms with Gasteiger partial charge in [0.25, 0.3) is 5.91 Å². The molecule has 0 saturated heterocycles. The number of aliphatic hydroxyl groups excluding tert-OH is 1. The van der Waals surface area contributed by atoms with Crippen LogP contribution < -0.4 is 10.1 Å². The zero-order valence-corrected chi connectivity index (χ0v) is 10.9. The van der Waals surface area contributed by atoms with Crippen LogP contribution in [-0.2, 0) is 0 Å². The Kier molecular flexibility index (Phi) is 4.37. The van der Waals surface area contributed by atoms with Gasteiger partial charge in [-0.1, -0.05) is 18.9 Å². The summed E-state index contributed by atoms with van der Waals surface area (Å²) in [4.78, 5) is 12.1. The first kappa shape index (κ1) is 13.8. The molecule has 104 valence electrons. The van der Waals surface area contributed by atoms with Crippen molar-refractivity contribution in [3.63, 3.8) is 0 Å². The van der Waals surface area contributed by atoms with E-state index in [9.17, 15) is 14.3 Å². The van der Waals surface area contributed by atoms with Crippen molar-refractivity contribution in [1.82, 2.24) is 5.32 Å². The van der Waals surface area contributed by atoms with E-state index in [1.807, 2.05) is 0 Å². The minimum absolute atomic E-state index is 0.109. The Hall–Kier alpha value is -1.62. The van der Waals surface area contributed by atoms with Crippen molar-refractivity contribution >= 4 is 5.91 Å². The zero-order chi connectivity index (χ0) is 13.8. The highest BCUT2D eigenvalue weighted by Gasteiger charge is 2.27. The van der Waals surface area contributed by atoms with Crippen LogP contribution in [0.3, 0.4) is 0 Å². The van der Waals surface area contributed by atoms with E-state index in [4.69, 9.17) is 4.74 Å². The molecular formula is C14H18FNO3. The molecule has 19 heavy (non-hydrogen) atoms. The van der Waals surface area contributed by atoms with E-state index < -0.39 is 17.8 Å². The van der Waals surface area contributed by atoms with Crippen LogP contribution in [0, 0.1) is 5.82 Å². The molecule has 0 bridgehead atoms. The molecule has 1 aromatic carbocycles. The second-order valence-electron chi connectivity index (χ2n) is 4.75. The molecule has 0 aromatic heterocycles. The summed E-state index contributed by atoms with van der Waals surface area (Å²) < 4.78 is 18.7. The Labute approximate surface area is 111 Å². The van der Waals surface area contributed by atoms with Crippen molar-refractivity contribution in [2.75, 3.05) is 7.11 Å². The number of ether oxygens (including phenoxy) is 1. The largest absolute Gasteiger partial charge is 0.496 e. The second-order valence-corrected chi connectivity index (χ2v) is 4.75. The van der Waals surface area contributed by atoms with Gasteiger partial charge in [0.05, 0.1) is 19.3 Å². The Morgan fingerprint density at radius 3 is 2.84 bits per heavy atom. The van der Waals surface area contributed by atoms with Gasteiger partial charge in [-0.2, -0.15) is 0 Å². The number of aliphatic hydroxyl groups is 1. The average Bonchev–Trinajstić information content (AvgIpc) is 2.40. The minimum atomic E-state index is -0.623. The number of carbonyl (C=O) groups is 1. The molecule has 4 nitrogen and oxygen atoms in total. The predicted octanol–water partition coefficient (Wildman–Crippen LogP) is 1.87. The van der Waals surface area contributed by atoms with Crippen LogP contribution >= 0.6 is 0 Å². The third kappa shape index (κ3) is 3.04. The maximum atomic E-state index is 13.7. The summed E-state index contributed by atoms with van der Waals surface area (Å²) in [5.74, 6) is -0.967. The summed E-state index contributed by atoms with van der Waals surface area (Å²) in [5, 5.41) is 12.5. The first-order valence-electron chi connectivity index (χ1n) is 6.45. The minimum Gasteiger partial charge on any atom is -0.496 e.